The zero-order valence-corrected chi connectivity index (χ0v) is 13.4. The molecule has 1 aromatic carbocycles. The highest BCUT2D eigenvalue weighted by Gasteiger charge is 2.34. The molecule has 2 aromatic rings. The molecule has 1 aliphatic rings. The van der Waals surface area contributed by atoms with Gasteiger partial charge in [0.05, 0.1) is 5.69 Å². The van der Waals surface area contributed by atoms with Crippen LogP contribution in [0.3, 0.4) is 0 Å². The lowest BCUT2D eigenvalue weighted by Crippen LogP contribution is -2.42. The number of aromatic nitrogens is 1. The Morgan fingerprint density at radius 1 is 1.35 bits per heavy atom. The third kappa shape index (κ3) is 3.09. The predicted molar refractivity (Wildman–Crippen MR) is 82.0 cm³/mol. The Hall–Kier alpha value is -0.800. The summed E-state index contributed by atoms with van der Waals surface area (Å²) in [5.41, 5.74) is 3.73. The maximum Gasteiger partial charge on any atom is 0.415 e. The lowest BCUT2D eigenvalue weighted by molar-refractivity contribution is 0.427. The van der Waals surface area contributed by atoms with E-state index in [1.165, 1.54) is 16.5 Å². The molecule has 0 amide bonds. The van der Waals surface area contributed by atoms with Crippen molar-refractivity contribution in [3.05, 3.63) is 35.5 Å². The number of hydrogen-bond donors (Lipinski definition) is 2. The SMILES string of the molecule is CCC1(Cl)NCCc2c1[nH]c1ccccc21.O=P(=O)Cl. The smallest absolute Gasteiger partial charge is 0.356 e. The Morgan fingerprint density at radius 3 is 2.65 bits per heavy atom. The van der Waals surface area contributed by atoms with Gasteiger partial charge in [-0.2, -0.15) is 0 Å². The van der Waals surface area contributed by atoms with Gasteiger partial charge in [0.25, 0.3) is 0 Å². The van der Waals surface area contributed by atoms with Gasteiger partial charge in [0.2, 0.25) is 0 Å². The fourth-order valence-electron chi connectivity index (χ4n) is 2.57. The molecule has 1 aromatic heterocycles. The number of rotatable bonds is 1. The molecule has 7 heteroatoms. The second-order valence-electron chi connectivity index (χ2n) is 4.57. The zero-order valence-electron chi connectivity index (χ0n) is 11.0. The van der Waals surface area contributed by atoms with E-state index in [0.717, 1.165) is 25.1 Å². The van der Waals surface area contributed by atoms with E-state index in [4.69, 9.17) is 20.7 Å². The fraction of sp³-hybridized carbons (Fsp3) is 0.385. The van der Waals surface area contributed by atoms with Gasteiger partial charge in [0, 0.05) is 28.7 Å². The van der Waals surface area contributed by atoms with Gasteiger partial charge in [0.15, 0.2) is 0 Å². The summed E-state index contributed by atoms with van der Waals surface area (Å²) in [7, 11) is -2.65. The Morgan fingerprint density at radius 2 is 2.00 bits per heavy atom. The van der Waals surface area contributed by atoms with Crippen LogP contribution in [0.25, 0.3) is 10.9 Å². The minimum absolute atomic E-state index is 0.410. The first-order valence-electron chi connectivity index (χ1n) is 6.32. The average molecular weight is 333 g/mol. The molecule has 0 fully saturated rings. The van der Waals surface area contributed by atoms with Gasteiger partial charge in [-0.15, -0.1) is 0 Å². The molecule has 0 bridgehead atoms. The second kappa shape index (κ2) is 6.31. The molecule has 2 N–H and O–H groups in total. The normalized spacial score (nSPS) is 20.9. The summed E-state index contributed by atoms with van der Waals surface area (Å²) in [6.07, 6.45) is 1.93. The number of nitrogens with one attached hydrogen (secondary N) is 2. The van der Waals surface area contributed by atoms with Crippen LogP contribution in [-0.2, 0) is 20.5 Å². The van der Waals surface area contributed by atoms with E-state index in [9.17, 15) is 0 Å². The first kappa shape index (κ1) is 15.6. The van der Waals surface area contributed by atoms with E-state index in [1.54, 1.807) is 0 Å². The molecule has 0 saturated carbocycles. The summed E-state index contributed by atoms with van der Waals surface area (Å²) < 4.78 is 17.6. The number of fused-ring (bicyclic) bond motifs is 3. The molecule has 3 rings (SSSR count). The Labute approximate surface area is 127 Å². The molecule has 20 heavy (non-hydrogen) atoms. The molecule has 0 aliphatic carbocycles. The van der Waals surface area contributed by atoms with E-state index in [0.29, 0.717) is 0 Å². The summed E-state index contributed by atoms with van der Waals surface area (Å²) >= 11 is 10.8. The van der Waals surface area contributed by atoms with Crippen molar-refractivity contribution < 1.29 is 9.13 Å². The van der Waals surface area contributed by atoms with E-state index in [-0.39, 0.29) is 0 Å². The summed E-state index contributed by atoms with van der Waals surface area (Å²) in [4.78, 5) is 3.05. The highest BCUT2D eigenvalue weighted by molar-refractivity contribution is 7.63. The van der Waals surface area contributed by atoms with Crippen molar-refractivity contribution in [1.29, 1.82) is 0 Å². The van der Waals surface area contributed by atoms with Crippen LogP contribution in [-0.4, -0.2) is 11.5 Å². The van der Waals surface area contributed by atoms with Gasteiger partial charge < -0.3 is 4.98 Å². The molecule has 1 aliphatic heterocycles. The van der Waals surface area contributed by atoms with Crippen LogP contribution in [0.5, 0.6) is 0 Å². The van der Waals surface area contributed by atoms with E-state index < -0.39 is 12.0 Å². The number of hydrogen-bond acceptors (Lipinski definition) is 3. The van der Waals surface area contributed by atoms with Crippen LogP contribution < -0.4 is 5.32 Å². The number of halogens is 2. The Balaban J connectivity index is 0.000000328. The maximum absolute atomic E-state index is 8.80. The minimum atomic E-state index is -2.65. The predicted octanol–water partition coefficient (Wildman–Crippen LogP) is 4.43. The summed E-state index contributed by atoms with van der Waals surface area (Å²) in [6.45, 7) is 3.06. The van der Waals surface area contributed by atoms with Crippen molar-refractivity contribution in [3.63, 3.8) is 0 Å². The lowest BCUT2D eigenvalue weighted by Gasteiger charge is -2.31. The molecule has 4 nitrogen and oxygen atoms in total. The third-order valence-corrected chi connectivity index (χ3v) is 4.07. The quantitative estimate of drug-likeness (QED) is 0.461. The van der Waals surface area contributed by atoms with Crippen molar-refractivity contribution in [3.8, 4) is 0 Å². The molecule has 0 saturated heterocycles. The van der Waals surface area contributed by atoms with Crippen molar-refractivity contribution in [2.45, 2.75) is 24.8 Å². The molecule has 0 radical (unpaired) electrons. The average Bonchev–Trinajstić information content (AvgIpc) is 2.79. The number of H-pyrrole nitrogens is 1. The minimum Gasteiger partial charge on any atom is -0.356 e. The van der Waals surface area contributed by atoms with Crippen LogP contribution in [0.1, 0.15) is 24.6 Å². The summed E-state index contributed by atoms with van der Waals surface area (Å²) in [5.74, 6) is 0. The van der Waals surface area contributed by atoms with Gasteiger partial charge in [-0.3, -0.25) is 5.32 Å². The van der Waals surface area contributed by atoms with E-state index in [1.807, 2.05) is 0 Å². The number of para-hydroxylation sites is 1. The first-order chi connectivity index (χ1) is 9.48. The van der Waals surface area contributed by atoms with Gasteiger partial charge in [-0.05, 0) is 24.5 Å². The Bertz CT molecular complexity index is 676. The lowest BCUT2D eigenvalue weighted by atomic mass is 9.97. The summed E-state index contributed by atoms with van der Waals surface area (Å²) in [5, 5.41) is 4.71. The molecule has 1 unspecified atom stereocenters. The number of aromatic amines is 1. The third-order valence-electron chi connectivity index (χ3n) is 3.48. The van der Waals surface area contributed by atoms with Gasteiger partial charge >= 0.3 is 7.03 Å². The van der Waals surface area contributed by atoms with Gasteiger partial charge in [0.1, 0.15) is 5.00 Å². The van der Waals surface area contributed by atoms with Gasteiger partial charge in [-0.1, -0.05) is 36.7 Å². The molecule has 108 valence electrons. The largest absolute Gasteiger partial charge is 0.415 e. The summed E-state index contributed by atoms with van der Waals surface area (Å²) in [6, 6.07) is 8.42. The highest BCUT2D eigenvalue weighted by atomic mass is 35.7. The fourth-order valence-corrected chi connectivity index (χ4v) is 2.83. The van der Waals surface area contributed by atoms with Crippen molar-refractivity contribution in [1.82, 2.24) is 10.3 Å². The van der Waals surface area contributed by atoms with E-state index in [2.05, 4.69) is 52.7 Å². The maximum atomic E-state index is 8.80. The zero-order chi connectivity index (χ0) is 14.8. The molecule has 1 atom stereocenters. The molecular weight excluding hydrogens is 318 g/mol. The first-order valence-corrected chi connectivity index (χ1v) is 8.78. The number of benzene rings is 1. The van der Waals surface area contributed by atoms with Crippen LogP contribution in [0.2, 0.25) is 0 Å². The standard InChI is InChI=1S/C13H15ClN2.ClO2P/c1-2-13(14)12-10(7-8-15-13)9-5-3-4-6-11(9)16-12;1-4(2)3/h3-6,15-16H,2,7-8H2,1H3;. The van der Waals surface area contributed by atoms with Gasteiger partial charge in [-0.25, -0.2) is 9.13 Å². The molecule has 0 spiro atoms. The van der Waals surface area contributed by atoms with Crippen LogP contribution in [0.15, 0.2) is 24.3 Å². The van der Waals surface area contributed by atoms with E-state index >= 15 is 0 Å². The van der Waals surface area contributed by atoms with Crippen molar-refractivity contribution >= 4 is 40.8 Å². The monoisotopic (exact) mass is 332 g/mol. The topological polar surface area (TPSA) is 62.0 Å². The second-order valence-corrected chi connectivity index (χ2v) is 6.47. The van der Waals surface area contributed by atoms with Crippen LogP contribution in [0.4, 0.5) is 0 Å². The highest BCUT2D eigenvalue weighted by Crippen LogP contribution is 2.38. The molecule has 2 heterocycles. The Kier molecular flexibility index (Phi) is 4.92. The molecular formula is C13H15Cl2N2O2P. The van der Waals surface area contributed by atoms with Crippen LogP contribution >= 0.6 is 29.9 Å². The van der Waals surface area contributed by atoms with Crippen LogP contribution in [0, 0.1) is 0 Å². The van der Waals surface area contributed by atoms with Crippen molar-refractivity contribution in [2.75, 3.05) is 6.54 Å². The number of alkyl halides is 1. The van der Waals surface area contributed by atoms with Crippen molar-refractivity contribution in [2.24, 2.45) is 0 Å².